The van der Waals surface area contributed by atoms with Crippen molar-refractivity contribution in [3.05, 3.63) is 53.5 Å². The summed E-state index contributed by atoms with van der Waals surface area (Å²) in [6.07, 6.45) is 1.24. The molecule has 2 aromatic rings. The normalized spacial score (nSPS) is 10.8. The predicted molar refractivity (Wildman–Crippen MR) is 116 cm³/mol. The summed E-state index contributed by atoms with van der Waals surface area (Å²) < 4.78 is 14.5. The number of hydrogen-bond acceptors (Lipinski definition) is 4. The molecule has 0 saturated heterocycles. The van der Waals surface area contributed by atoms with Crippen LogP contribution in [0.2, 0.25) is 0 Å². The largest absolute Gasteiger partial charge is 0.382 e. The van der Waals surface area contributed by atoms with Crippen molar-refractivity contribution in [2.75, 3.05) is 18.8 Å². The summed E-state index contributed by atoms with van der Waals surface area (Å²) in [5, 5.41) is 16.8. The highest BCUT2D eigenvalue weighted by Gasteiger charge is 2.16. The molecule has 0 amide bonds. The quantitative estimate of drug-likeness (QED) is 0.184. The molecular weight excluding hydrogens is 460 g/mol. The molecule has 0 atom stereocenters. The number of anilines is 1. The second-order valence-corrected chi connectivity index (χ2v) is 5.90. The summed E-state index contributed by atoms with van der Waals surface area (Å²) in [6, 6.07) is 7.84. The second kappa shape index (κ2) is 10.5. The lowest BCUT2D eigenvalue weighted by Crippen LogP contribution is -2.32. The van der Waals surface area contributed by atoms with Gasteiger partial charge in [0.15, 0.2) is 5.96 Å². The first-order valence-corrected chi connectivity index (χ1v) is 8.14. The van der Waals surface area contributed by atoms with Gasteiger partial charge in [0.25, 0.3) is 0 Å². The molecule has 1 aromatic carbocycles. The molecule has 144 valence electrons. The number of aliphatic imine (C=N–C) groups is 1. The van der Waals surface area contributed by atoms with E-state index in [0.717, 1.165) is 5.57 Å². The van der Waals surface area contributed by atoms with Gasteiger partial charge in [0.2, 0.25) is 0 Å². The number of benzene rings is 1. The van der Waals surface area contributed by atoms with Crippen molar-refractivity contribution in [2.24, 2.45) is 10.7 Å². The van der Waals surface area contributed by atoms with Crippen LogP contribution in [-0.4, -0.2) is 28.8 Å². The van der Waals surface area contributed by atoms with Crippen molar-refractivity contribution >= 4 is 35.8 Å². The summed E-state index contributed by atoms with van der Waals surface area (Å²) in [6.45, 7) is 6.70. The van der Waals surface area contributed by atoms with E-state index < -0.39 is 0 Å². The molecule has 0 bridgehead atoms. The highest BCUT2D eigenvalue weighted by molar-refractivity contribution is 14.0. The molecule has 5 N–H and O–H groups in total. The van der Waals surface area contributed by atoms with Crippen LogP contribution in [0.25, 0.3) is 5.69 Å². The van der Waals surface area contributed by atoms with Gasteiger partial charge in [-0.15, -0.1) is 24.0 Å². The fraction of sp³-hybridized carbons (Fsp3) is 0.278. The molecule has 0 aliphatic rings. The van der Waals surface area contributed by atoms with E-state index in [1.807, 2.05) is 6.92 Å². The van der Waals surface area contributed by atoms with Crippen molar-refractivity contribution in [3.63, 3.8) is 0 Å². The summed E-state index contributed by atoms with van der Waals surface area (Å²) in [7, 11) is 0. The van der Waals surface area contributed by atoms with Crippen LogP contribution in [0, 0.1) is 17.1 Å². The van der Waals surface area contributed by atoms with E-state index in [9.17, 15) is 9.65 Å². The van der Waals surface area contributed by atoms with Gasteiger partial charge >= 0.3 is 0 Å². The SMILES string of the molecule is C=C(C)CN=C(N)NCCCc1nn(-c2ccc(F)cc2)c(N)c1C#N.I. The van der Waals surface area contributed by atoms with Crippen molar-refractivity contribution in [2.45, 2.75) is 19.8 Å². The van der Waals surface area contributed by atoms with E-state index in [0.29, 0.717) is 48.8 Å². The van der Waals surface area contributed by atoms with Crippen molar-refractivity contribution < 1.29 is 4.39 Å². The Kier molecular flexibility index (Phi) is 8.74. The van der Waals surface area contributed by atoms with Crippen molar-refractivity contribution in [1.82, 2.24) is 15.1 Å². The molecule has 7 nitrogen and oxygen atoms in total. The van der Waals surface area contributed by atoms with Gasteiger partial charge in [-0.2, -0.15) is 10.4 Å². The molecule has 0 spiro atoms. The third-order valence-corrected chi connectivity index (χ3v) is 3.59. The van der Waals surface area contributed by atoms with E-state index in [1.54, 1.807) is 12.1 Å². The number of nitrogens with two attached hydrogens (primary N) is 2. The molecule has 0 radical (unpaired) electrons. The fourth-order valence-corrected chi connectivity index (χ4v) is 2.30. The van der Waals surface area contributed by atoms with E-state index in [-0.39, 0.29) is 35.6 Å². The summed E-state index contributed by atoms with van der Waals surface area (Å²) in [5.41, 5.74) is 14.2. The number of halogens is 2. The first-order chi connectivity index (χ1) is 12.4. The van der Waals surface area contributed by atoms with Gasteiger partial charge in [0.1, 0.15) is 23.3 Å². The number of rotatable bonds is 7. The van der Waals surface area contributed by atoms with Gasteiger partial charge in [-0.05, 0) is 44.0 Å². The van der Waals surface area contributed by atoms with Crippen LogP contribution < -0.4 is 16.8 Å². The Bertz CT molecular complexity index is 850. The lowest BCUT2D eigenvalue weighted by molar-refractivity contribution is 0.627. The summed E-state index contributed by atoms with van der Waals surface area (Å²) in [4.78, 5) is 4.13. The van der Waals surface area contributed by atoms with Gasteiger partial charge in [-0.3, -0.25) is 0 Å². The zero-order valence-corrected chi connectivity index (χ0v) is 17.4. The fourth-order valence-electron chi connectivity index (χ4n) is 2.30. The molecule has 0 fully saturated rings. The minimum Gasteiger partial charge on any atom is -0.382 e. The number of nitrogens with one attached hydrogen (secondary N) is 1. The molecule has 2 rings (SSSR count). The predicted octanol–water partition coefficient (Wildman–Crippen LogP) is 2.50. The summed E-state index contributed by atoms with van der Waals surface area (Å²) in [5.74, 6) is 0.242. The first-order valence-electron chi connectivity index (χ1n) is 8.14. The van der Waals surface area contributed by atoms with Crippen molar-refractivity contribution in [3.8, 4) is 11.8 Å². The number of nitrogen functional groups attached to an aromatic ring is 1. The minimum atomic E-state index is -0.350. The molecule has 0 aliphatic carbocycles. The molecule has 0 saturated carbocycles. The van der Waals surface area contributed by atoms with Crippen LogP contribution in [0.3, 0.4) is 0 Å². The number of aromatic nitrogens is 2. The number of hydrogen-bond donors (Lipinski definition) is 3. The molecule has 9 heteroatoms. The minimum absolute atomic E-state index is 0. The van der Waals surface area contributed by atoms with Crippen LogP contribution in [0.4, 0.5) is 10.2 Å². The average molecular weight is 483 g/mol. The topological polar surface area (TPSA) is 118 Å². The second-order valence-electron chi connectivity index (χ2n) is 5.90. The maximum absolute atomic E-state index is 13.1. The van der Waals surface area contributed by atoms with Crippen LogP contribution in [0.5, 0.6) is 0 Å². The van der Waals surface area contributed by atoms with Gasteiger partial charge < -0.3 is 16.8 Å². The molecule has 0 aliphatic heterocycles. The zero-order valence-electron chi connectivity index (χ0n) is 15.1. The lowest BCUT2D eigenvalue weighted by Gasteiger charge is -2.05. The van der Waals surface area contributed by atoms with Gasteiger partial charge in [0.05, 0.1) is 17.9 Å². The Morgan fingerprint density at radius 3 is 2.67 bits per heavy atom. The highest BCUT2D eigenvalue weighted by Crippen LogP contribution is 2.21. The highest BCUT2D eigenvalue weighted by atomic mass is 127. The molecule has 27 heavy (non-hydrogen) atoms. The smallest absolute Gasteiger partial charge is 0.188 e. The third kappa shape index (κ3) is 6.25. The number of aryl methyl sites for hydroxylation is 1. The van der Waals surface area contributed by atoms with E-state index in [2.05, 4.69) is 28.1 Å². The van der Waals surface area contributed by atoms with Gasteiger partial charge in [-0.25, -0.2) is 14.1 Å². The van der Waals surface area contributed by atoms with Crippen LogP contribution in [0.15, 0.2) is 41.4 Å². The Labute approximate surface area is 175 Å². The first kappa shape index (κ1) is 22.4. The Morgan fingerprint density at radius 1 is 1.41 bits per heavy atom. The van der Waals surface area contributed by atoms with E-state index >= 15 is 0 Å². The Balaban J connectivity index is 0.00000364. The van der Waals surface area contributed by atoms with Crippen LogP contribution >= 0.6 is 24.0 Å². The molecule has 1 heterocycles. The van der Waals surface area contributed by atoms with Crippen LogP contribution in [0.1, 0.15) is 24.6 Å². The standard InChI is InChI=1S/C18H22FN7.HI/c1-12(2)11-24-18(22)23-9-3-4-16-15(10-20)17(21)26(25-16)14-7-5-13(19)6-8-14;/h5-8H,1,3-4,9,11,21H2,2H3,(H3,22,23,24);1H. The summed E-state index contributed by atoms with van der Waals surface area (Å²) >= 11 is 0. The van der Waals surface area contributed by atoms with Crippen LogP contribution in [-0.2, 0) is 6.42 Å². The number of nitrogens with zero attached hydrogens (tertiary/aromatic N) is 4. The number of guanidine groups is 1. The Hall–Kier alpha value is -2.61. The van der Waals surface area contributed by atoms with Gasteiger partial charge in [-0.1, -0.05) is 12.2 Å². The third-order valence-electron chi connectivity index (χ3n) is 3.59. The number of nitriles is 1. The molecule has 0 unspecified atom stereocenters. The van der Waals surface area contributed by atoms with Crippen molar-refractivity contribution in [1.29, 1.82) is 5.26 Å². The average Bonchev–Trinajstić information content (AvgIpc) is 2.93. The van der Waals surface area contributed by atoms with E-state index in [4.69, 9.17) is 11.5 Å². The maximum Gasteiger partial charge on any atom is 0.188 e. The lowest BCUT2D eigenvalue weighted by atomic mass is 10.1. The zero-order chi connectivity index (χ0) is 19.1. The van der Waals surface area contributed by atoms with Gasteiger partial charge in [0, 0.05) is 6.54 Å². The molecular formula is C18H23FIN7. The maximum atomic E-state index is 13.1. The van der Waals surface area contributed by atoms with E-state index in [1.165, 1.54) is 16.8 Å². The molecule has 1 aromatic heterocycles. The monoisotopic (exact) mass is 483 g/mol. The Morgan fingerprint density at radius 2 is 2.07 bits per heavy atom.